The molecule has 7 heteroatoms. The molecule has 2 N–H and O–H groups in total. The zero-order valence-electron chi connectivity index (χ0n) is 10.9. The van der Waals surface area contributed by atoms with E-state index >= 15 is 0 Å². The number of benzene rings is 2. The minimum Gasteiger partial charge on any atom is -0.392 e. The van der Waals surface area contributed by atoms with Gasteiger partial charge in [0.15, 0.2) is 0 Å². The van der Waals surface area contributed by atoms with Crippen LogP contribution in [0.1, 0.15) is 11.1 Å². The first-order valence-corrected chi connectivity index (χ1v) is 8.30. The van der Waals surface area contributed by atoms with Gasteiger partial charge >= 0.3 is 0 Å². The Morgan fingerprint density at radius 3 is 2.19 bits per heavy atom. The topological polar surface area (TPSA) is 66.4 Å². The van der Waals surface area contributed by atoms with Crippen LogP contribution in [0.5, 0.6) is 0 Å². The normalized spacial score (nSPS) is 11.6. The number of aliphatic hydroxyl groups is 1. The van der Waals surface area contributed by atoms with Gasteiger partial charge in [0.1, 0.15) is 4.90 Å². The van der Waals surface area contributed by atoms with Gasteiger partial charge in [0.05, 0.1) is 16.7 Å². The van der Waals surface area contributed by atoms with Crippen LogP contribution in [-0.4, -0.2) is 13.5 Å². The van der Waals surface area contributed by atoms with Crippen LogP contribution in [0.3, 0.4) is 0 Å². The van der Waals surface area contributed by atoms with Crippen molar-refractivity contribution in [3.63, 3.8) is 0 Å². The summed E-state index contributed by atoms with van der Waals surface area (Å²) < 4.78 is 27.0. The van der Waals surface area contributed by atoms with Crippen LogP contribution in [0.25, 0.3) is 0 Å². The number of rotatable bonds is 5. The quantitative estimate of drug-likeness (QED) is 0.875. The van der Waals surface area contributed by atoms with Crippen molar-refractivity contribution in [1.82, 2.24) is 4.72 Å². The predicted molar refractivity (Wildman–Crippen MR) is 82.9 cm³/mol. The van der Waals surface area contributed by atoms with Crippen molar-refractivity contribution in [3.05, 3.63) is 63.6 Å². The second kappa shape index (κ2) is 6.77. The molecule has 0 spiro atoms. The van der Waals surface area contributed by atoms with Gasteiger partial charge in [-0.3, -0.25) is 0 Å². The fraction of sp³-hybridized carbons (Fsp3) is 0.143. The van der Waals surface area contributed by atoms with E-state index in [0.29, 0.717) is 5.56 Å². The Hall–Kier alpha value is -1.11. The molecule has 0 atom stereocenters. The van der Waals surface area contributed by atoms with Gasteiger partial charge in [-0.15, -0.1) is 0 Å². The second-order valence-electron chi connectivity index (χ2n) is 4.35. The van der Waals surface area contributed by atoms with Crippen LogP contribution < -0.4 is 4.72 Å². The van der Waals surface area contributed by atoms with E-state index < -0.39 is 10.0 Å². The van der Waals surface area contributed by atoms with E-state index in [0.717, 1.165) is 5.56 Å². The van der Waals surface area contributed by atoms with Gasteiger partial charge in [-0.05, 0) is 23.3 Å². The summed E-state index contributed by atoms with van der Waals surface area (Å²) in [5.41, 5.74) is 1.44. The number of hydrogen-bond acceptors (Lipinski definition) is 3. The van der Waals surface area contributed by atoms with Gasteiger partial charge in [0.25, 0.3) is 0 Å². The van der Waals surface area contributed by atoms with Gasteiger partial charge < -0.3 is 5.11 Å². The highest BCUT2D eigenvalue weighted by atomic mass is 35.5. The van der Waals surface area contributed by atoms with Gasteiger partial charge in [0, 0.05) is 6.54 Å². The zero-order valence-corrected chi connectivity index (χ0v) is 13.2. The fourth-order valence-corrected chi connectivity index (χ4v) is 3.99. The number of nitrogens with one attached hydrogen (secondary N) is 1. The molecule has 0 saturated carbocycles. The molecule has 0 heterocycles. The van der Waals surface area contributed by atoms with Crippen LogP contribution in [0.15, 0.2) is 47.4 Å². The maximum Gasteiger partial charge on any atom is 0.243 e. The van der Waals surface area contributed by atoms with Crippen LogP contribution in [0.2, 0.25) is 10.0 Å². The van der Waals surface area contributed by atoms with Gasteiger partial charge in [-0.1, -0.05) is 53.5 Å². The molecule has 112 valence electrons. The van der Waals surface area contributed by atoms with E-state index in [1.54, 1.807) is 30.3 Å². The van der Waals surface area contributed by atoms with Gasteiger partial charge in [-0.2, -0.15) is 0 Å². The number of halogens is 2. The highest BCUT2D eigenvalue weighted by Crippen LogP contribution is 2.28. The zero-order chi connectivity index (χ0) is 15.5. The third-order valence-electron chi connectivity index (χ3n) is 2.83. The monoisotopic (exact) mass is 345 g/mol. The molecule has 0 saturated heterocycles. The Balaban J connectivity index is 2.22. The summed E-state index contributed by atoms with van der Waals surface area (Å²) in [5.74, 6) is 0. The molecule has 0 aliphatic carbocycles. The molecule has 2 aromatic rings. The van der Waals surface area contributed by atoms with Crippen molar-refractivity contribution < 1.29 is 13.5 Å². The van der Waals surface area contributed by atoms with Crippen molar-refractivity contribution in [2.24, 2.45) is 0 Å². The average molecular weight is 346 g/mol. The lowest BCUT2D eigenvalue weighted by molar-refractivity contribution is 0.281. The molecule has 2 aromatic carbocycles. The molecule has 0 bridgehead atoms. The number of hydrogen-bond donors (Lipinski definition) is 2. The summed E-state index contributed by atoms with van der Waals surface area (Å²) in [6.45, 7) is -0.0192. The Morgan fingerprint density at radius 1 is 1.00 bits per heavy atom. The third-order valence-corrected chi connectivity index (χ3v) is 5.18. The molecule has 0 aliphatic heterocycles. The van der Waals surface area contributed by atoms with Crippen LogP contribution in [0, 0.1) is 0 Å². The molecular weight excluding hydrogens is 333 g/mol. The first-order valence-electron chi connectivity index (χ1n) is 6.06. The second-order valence-corrected chi connectivity index (χ2v) is 6.87. The molecule has 0 aromatic heterocycles. The summed E-state index contributed by atoms with van der Waals surface area (Å²) in [6.07, 6.45) is 0. The maximum atomic E-state index is 12.3. The average Bonchev–Trinajstić information content (AvgIpc) is 2.45. The Bertz CT molecular complexity index is 727. The number of aliphatic hydroxyl groups excluding tert-OH is 1. The summed E-state index contributed by atoms with van der Waals surface area (Å²) in [5, 5.41) is 9.20. The van der Waals surface area contributed by atoms with Crippen molar-refractivity contribution >= 4 is 33.2 Å². The van der Waals surface area contributed by atoms with E-state index in [-0.39, 0.29) is 28.1 Å². The standard InChI is InChI=1S/C14H13Cl2NO3S/c15-12-5-2-6-13(16)14(12)21(19,20)17-8-10-3-1-4-11(7-10)9-18/h1-7,17-18H,8-9H2. The highest BCUT2D eigenvalue weighted by Gasteiger charge is 2.21. The summed E-state index contributed by atoms with van der Waals surface area (Å²) >= 11 is 11.8. The summed E-state index contributed by atoms with van der Waals surface area (Å²) in [7, 11) is -3.82. The molecule has 4 nitrogen and oxygen atoms in total. The molecule has 0 amide bonds. The largest absolute Gasteiger partial charge is 0.392 e. The molecule has 2 rings (SSSR count). The SMILES string of the molecule is O=S(=O)(NCc1cccc(CO)c1)c1c(Cl)cccc1Cl. The predicted octanol–water partition coefficient (Wildman–Crippen LogP) is 2.96. The maximum absolute atomic E-state index is 12.3. The van der Waals surface area contributed by atoms with Crippen molar-refractivity contribution in [2.75, 3.05) is 0 Å². The lowest BCUT2D eigenvalue weighted by Gasteiger charge is -2.10. The van der Waals surface area contributed by atoms with Crippen molar-refractivity contribution in [2.45, 2.75) is 18.0 Å². The van der Waals surface area contributed by atoms with E-state index in [1.807, 2.05) is 0 Å². The molecule has 0 aliphatic rings. The fourth-order valence-electron chi connectivity index (χ4n) is 1.83. The lowest BCUT2D eigenvalue weighted by Crippen LogP contribution is -2.24. The third kappa shape index (κ3) is 3.96. The highest BCUT2D eigenvalue weighted by molar-refractivity contribution is 7.89. The van der Waals surface area contributed by atoms with E-state index in [2.05, 4.69) is 4.72 Å². The van der Waals surface area contributed by atoms with Gasteiger partial charge in [-0.25, -0.2) is 13.1 Å². The Kier molecular flexibility index (Phi) is 5.24. The van der Waals surface area contributed by atoms with Crippen LogP contribution in [0.4, 0.5) is 0 Å². The van der Waals surface area contributed by atoms with Crippen molar-refractivity contribution in [1.29, 1.82) is 0 Å². The molecule has 0 fully saturated rings. The van der Waals surface area contributed by atoms with Crippen LogP contribution >= 0.6 is 23.2 Å². The van der Waals surface area contributed by atoms with E-state index in [4.69, 9.17) is 28.3 Å². The van der Waals surface area contributed by atoms with Crippen molar-refractivity contribution in [3.8, 4) is 0 Å². The molecule has 0 unspecified atom stereocenters. The van der Waals surface area contributed by atoms with E-state index in [1.165, 1.54) is 12.1 Å². The van der Waals surface area contributed by atoms with Gasteiger partial charge in [0.2, 0.25) is 10.0 Å². The molecule has 0 radical (unpaired) electrons. The lowest BCUT2D eigenvalue weighted by atomic mass is 10.1. The minimum absolute atomic E-state index is 0.0686. The molecular formula is C14H13Cl2NO3S. The summed E-state index contributed by atoms with van der Waals surface area (Å²) in [4.78, 5) is -0.133. The van der Waals surface area contributed by atoms with Crippen LogP contribution in [-0.2, 0) is 23.2 Å². The molecule has 21 heavy (non-hydrogen) atoms. The number of sulfonamides is 1. The summed E-state index contributed by atoms with van der Waals surface area (Å²) in [6, 6.07) is 11.5. The first-order chi connectivity index (χ1) is 9.94. The Morgan fingerprint density at radius 2 is 1.57 bits per heavy atom. The minimum atomic E-state index is -3.82. The first kappa shape index (κ1) is 16.3. The smallest absolute Gasteiger partial charge is 0.243 e. The van der Waals surface area contributed by atoms with E-state index in [9.17, 15) is 8.42 Å². The Labute approximate surface area is 133 Å².